The number of ketones is 1. The van der Waals surface area contributed by atoms with E-state index in [2.05, 4.69) is 10.2 Å². The zero-order valence-electron chi connectivity index (χ0n) is 13.9. The lowest BCUT2D eigenvalue weighted by Crippen LogP contribution is -2.35. The monoisotopic (exact) mass is 315 g/mol. The SMILES string of the molecule is CCn1c(C)nnc1COc1ccc2c(c1)OC(C)(C)CC2=O. The second-order valence-electron chi connectivity index (χ2n) is 6.32. The number of aromatic nitrogens is 3. The van der Waals surface area contributed by atoms with Crippen LogP contribution in [0.2, 0.25) is 0 Å². The Hall–Kier alpha value is -2.37. The number of Topliss-reactive ketones (excluding diaryl/α,β-unsaturated/α-hetero) is 1. The first-order valence-electron chi connectivity index (χ1n) is 7.77. The average molecular weight is 315 g/mol. The Morgan fingerprint density at radius 1 is 1.35 bits per heavy atom. The van der Waals surface area contributed by atoms with E-state index in [1.165, 1.54) is 0 Å². The van der Waals surface area contributed by atoms with E-state index < -0.39 is 5.60 Å². The van der Waals surface area contributed by atoms with Crippen LogP contribution in [0, 0.1) is 6.92 Å². The predicted octanol–water partition coefficient (Wildman–Crippen LogP) is 2.93. The van der Waals surface area contributed by atoms with Crippen molar-refractivity contribution in [1.82, 2.24) is 14.8 Å². The minimum Gasteiger partial charge on any atom is -0.486 e. The van der Waals surface area contributed by atoms with Gasteiger partial charge in [-0.05, 0) is 39.8 Å². The molecule has 23 heavy (non-hydrogen) atoms. The smallest absolute Gasteiger partial charge is 0.171 e. The maximum Gasteiger partial charge on any atom is 0.171 e. The molecule has 0 saturated heterocycles. The van der Waals surface area contributed by atoms with E-state index in [9.17, 15) is 4.79 Å². The summed E-state index contributed by atoms with van der Waals surface area (Å²) in [4.78, 5) is 12.1. The first-order chi connectivity index (χ1) is 10.9. The Labute approximate surface area is 135 Å². The van der Waals surface area contributed by atoms with Crippen LogP contribution in [0.1, 0.15) is 49.2 Å². The standard InChI is InChI=1S/C17H21N3O3/c1-5-20-11(2)18-19-16(20)10-22-12-6-7-13-14(21)9-17(3,4)23-15(13)8-12/h6-8H,5,9-10H2,1-4H3. The van der Waals surface area contributed by atoms with E-state index in [4.69, 9.17) is 9.47 Å². The summed E-state index contributed by atoms with van der Waals surface area (Å²) in [7, 11) is 0. The molecule has 0 fully saturated rings. The van der Waals surface area contributed by atoms with Crippen molar-refractivity contribution < 1.29 is 14.3 Å². The van der Waals surface area contributed by atoms with Crippen molar-refractivity contribution in [2.75, 3.05) is 0 Å². The Balaban J connectivity index is 1.79. The van der Waals surface area contributed by atoms with Gasteiger partial charge in [-0.1, -0.05) is 0 Å². The van der Waals surface area contributed by atoms with Gasteiger partial charge in [0.2, 0.25) is 0 Å². The number of hydrogen-bond donors (Lipinski definition) is 0. The molecular weight excluding hydrogens is 294 g/mol. The largest absolute Gasteiger partial charge is 0.486 e. The zero-order valence-corrected chi connectivity index (χ0v) is 13.9. The van der Waals surface area contributed by atoms with E-state index in [0.717, 1.165) is 18.2 Å². The molecule has 0 unspecified atom stereocenters. The van der Waals surface area contributed by atoms with E-state index >= 15 is 0 Å². The fourth-order valence-corrected chi connectivity index (χ4v) is 2.81. The first-order valence-corrected chi connectivity index (χ1v) is 7.77. The molecule has 0 saturated carbocycles. The van der Waals surface area contributed by atoms with E-state index in [-0.39, 0.29) is 5.78 Å². The Kier molecular flexibility index (Phi) is 3.83. The molecule has 6 heteroatoms. The molecule has 6 nitrogen and oxygen atoms in total. The number of benzene rings is 1. The van der Waals surface area contributed by atoms with Crippen molar-refractivity contribution in [1.29, 1.82) is 0 Å². The van der Waals surface area contributed by atoms with Gasteiger partial charge in [-0.15, -0.1) is 10.2 Å². The van der Waals surface area contributed by atoms with E-state index in [0.29, 0.717) is 30.1 Å². The molecule has 0 atom stereocenters. The number of rotatable bonds is 4. The number of carbonyl (C=O) groups excluding carboxylic acids is 1. The van der Waals surface area contributed by atoms with Crippen molar-refractivity contribution in [3.8, 4) is 11.5 Å². The Morgan fingerprint density at radius 3 is 2.87 bits per heavy atom. The molecular formula is C17H21N3O3. The Morgan fingerprint density at radius 2 is 2.13 bits per heavy atom. The maximum absolute atomic E-state index is 12.1. The van der Waals surface area contributed by atoms with Gasteiger partial charge in [0.1, 0.15) is 29.5 Å². The molecule has 0 bridgehead atoms. The summed E-state index contributed by atoms with van der Waals surface area (Å²) in [6.07, 6.45) is 0.388. The highest BCUT2D eigenvalue weighted by molar-refractivity contribution is 6.00. The molecule has 0 N–H and O–H groups in total. The van der Waals surface area contributed by atoms with Gasteiger partial charge in [-0.3, -0.25) is 4.79 Å². The van der Waals surface area contributed by atoms with Crippen molar-refractivity contribution in [2.45, 2.75) is 52.9 Å². The molecule has 0 amide bonds. The van der Waals surface area contributed by atoms with Gasteiger partial charge in [0.15, 0.2) is 11.6 Å². The highest BCUT2D eigenvalue weighted by Crippen LogP contribution is 2.35. The van der Waals surface area contributed by atoms with Crippen LogP contribution < -0.4 is 9.47 Å². The van der Waals surface area contributed by atoms with Crippen LogP contribution >= 0.6 is 0 Å². The normalized spacial score (nSPS) is 15.9. The number of carbonyl (C=O) groups is 1. The summed E-state index contributed by atoms with van der Waals surface area (Å²) in [5.41, 5.74) is 0.131. The maximum atomic E-state index is 12.1. The van der Waals surface area contributed by atoms with Crippen molar-refractivity contribution in [3.05, 3.63) is 35.4 Å². The van der Waals surface area contributed by atoms with Gasteiger partial charge in [-0.2, -0.15) is 0 Å². The lowest BCUT2D eigenvalue weighted by Gasteiger charge is -2.31. The third-order valence-corrected chi connectivity index (χ3v) is 3.92. The second-order valence-corrected chi connectivity index (χ2v) is 6.32. The number of aryl methyl sites for hydroxylation is 1. The minimum absolute atomic E-state index is 0.101. The van der Waals surface area contributed by atoms with Crippen LogP contribution in [0.5, 0.6) is 11.5 Å². The summed E-state index contributed by atoms with van der Waals surface area (Å²) in [5.74, 6) is 2.98. The van der Waals surface area contributed by atoms with E-state index in [1.54, 1.807) is 18.2 Å². The first kappa shape index (κ1) is 15.5. The van der Waals surface area contributed by atoms with Gasteiger partial charge in [-0.25, -0.2) is 0 Å². The lowest BCUT2D eigenvalue weighted by molar-refractivity contribution is 0.0618. The molecule has 2 aromatic rings. The summed E-state index contributed by atoms with van der Waals surface area (Å²) >= 11 is 0. The molecule has 122 valence electrons. The molecule has 0 spiro atoms. The van der Waals surface area contributed by atoms with Crippen molar-refractivity contribution in [2.24, 2.45) is 0 Å². The summed E-state index contributed by atoms with van der Waals surface area (Å²) in [6, 6.07) is 5.32. The number of hydrogen-bond acceptors (Lipinski definition) is 5. The van der Waals surface area contributed by atoms with Gasteiger partial charge in [0.25, 0.3) is 0 Å². The van der Waals surface area contributed by atoms with Gasteiger partial charge >= 0.3 is 0 Å². The predicted molar refractivity (Wildman–Crippen MR) is 84.9 cm³/mol. The molecule has 3 rings (SSSR count). The third kappa shape index (κ3) is 3.06. The lowest BCUT2D eigenvalue weighted by atomic mass is 9.93. The number of fused-ring (bicyclic) bond motifs is 1. The van der Waals surface area contributed by atoms with Crippen molar-refractivity contribution in [3.63, 3.8) is 0 Å². The molecule has 1 aliphatic rings. The minimum atomic E-state index is -0.484. The number of ether oxygens (including phenoxy) is 2. The van der Waals surface area contributed by atoms with Crippen LogP contribution in [0.3, 0.4) is 0 Å². The Bertz CT molecular complexity index is 750. The van der Waals surface area contributed by atoms with Crippen LogP contribution in [0.4, 0.5) is 0 Å². The van der Waals surface area contributed by atoms with Gasteiger partial charge in [0, 0.05) is 12.6 Å². The molecule has 2 heterocycles. The van der Waals surface area contributed by atoms with Crippen LogP contribution in [-0.2, 0) is 13.2 Å². The summed E-state index contributed by atoms with van der Waals surface area (Å²) < 4.78 is 13.7. The fourth-order valence-electron chi connectivity index (χ4n) is 2.81. The highest BCUT2D eigenvalue weighted by atomic mass is 16.5. The fraction of sp³-hybridized carbons (Fsp3) is 0.471. The van der Waals surface area contributed by atoms with Gasteiger partial charge < -0.3 is 14.0 Å². The highest BCUT2D eigenvalue weighted by Gasteiger charge is 2.32. The zero-order chi connectivity index (χ0) is 16.6. The van der Waals surface area contributed by atoms with Crippen LogP contribution in [-0.4, -0.2) is 26.1 Å². The second kappa shape index (κ2) is 5.68. The molecule has 1 aromatic heterocycles. The van der Waals surface area contributed by atoms with E-state index in [1.807, 2.05) is 32.3 Å². The van der Waals surface area contributed by atoms with Crippen molar-refractivity contribution >= 4 is 5.78 Å². The van der Waals surface area contributed by atoms with Crippen LogP contribution in [0.15, 0.2) is 18.2 Å². The van der Waals surface area contributed by atoms with Gasteiger partial charge in [0.05, 0.1) is 12.0 Å². The van der Waals surface area contributed by atoms with Crippen LogP contribution in [0.25, 0.3) is 0 Å². The third-order valence-electron chi connectivity index (χ3n) is 3.92. The number of nitrogens with zero attached hydrogens (tertiary/aromatic N) is 3. The average Bonchev–Trinajstić information content (AvgIpc) is 2.83. The molecule has 1 aromatic carbocycles. The topological polar surface area (TPSA) is 66.2 Å². The molecule has 0 aliphatic carbocycles. The summed E-state index contributed by atoms with van der Waals surface area (Å²) in [5, 5.41) is 8.19. The molecule has 1 aliphatic heterocycles. The summed E-state index contributed by atoms with van der Waals surface area (Å²) in [6.45, 7) is 8.90. The molecule has 0 radical (unpaired) electrons. The quantitative estimate of drug-likeness (QED) is 0.868.